The van der Waals surface area contributed by atoms with Gasteiger partial charge in [0.1, 0.15) is 5.82 Å². The second-order valence-corrected chi connectivity index (χ2v) is 8.14. The summed E-state index contributed by atoms with van der Waals surface area (Å²) in [6, 6.07) is 3.12. The number of ether oxygens (including phenoxy) is 1. The molecule has 4 rings (SSSR count). The van der Waals surface area contributed by atoms with Crippen LogP contribution in [0.3, 0.4) is 0 Å². The number of piperidine rings is 1. The summed E-state index contributed by atoms with van der Waals surface area (Å²) in [7, 11) is 1.82. The maximum Gasteiger partial charge on any atom is 0.223 e. The highest BCUT2D eigenvalue weighted by Crippen LogP contribution is 2.31. The van der Waals surface area contributed by atoms with Crippen molar-refractivity contribution >= 4 is 5.82 Å². The number of rotatable bonds is 5. The van der Waals surface area contributed by atoms with Gasteiger partial charge in [-0.1, -0.05) is 24.4 Å². The molecule has 7 heteroatoms. The molecule has 1 saturated carbocycles. The Labute approximate surface area is 166 Å². The molecule has 1 saturated heterocycles. The lowest BCUT2D eigenvalue weighted by atomic mass is 9.92. The number of anilines is 1. The van der Waals surface area contributed by atoms with Crippen molar-refractivity contribution in [2.24, 2.45) is 0 Å². The van der Waals surface area contributed by atoms with E-state index in [4.69, 9.17) is 14.2 Å². The fourth-order valence-corrected chi connectivity index (χ4v) is 4.50. The summed E-state index contributed by atoms with van der Waals surface area (Å²) in [5.74, 6) is 2.07. The van der Waals surface area contributed by atoms with Crippen molar-refractivity contribution in [2.75, 3.05) is 25.1 Å². The van der Waals surface area contributed by atoms with Crippen LogP contribution < -0.4 is 10.2 Å². The second-order valence-electron chi connectivity index (χ2n) is 8.14. The summed E-state index contributed by atoms with van der Waals surface area (Å²) in [5, 5.41) is 8.00. The summed E-state index contributed by atoms with van der Waals surface area (Å²) in [6.07, 6.45) is 9.72. The highest BCUT2D eigenvalue weighted by Gasteiger charge is 2.33. The van der Waals surface area contributed by atoms with Crippen LogP contribution in [0.15, 0.2) is 16.8 Å². The maximum atomic E-state index is 5.89. The Morgan fingerprint density at radius 3 is 2.71 bits per heavy atom. The zero-order valence-electron chi connectivity index (χ0n) is 17.1. The van der Waals surface area contributed by atoms with Gasteiger partial charge in [0.05, 0.1) is 11.7 Å². The van der Waals surface area contributed by atoms with Crippen LogP contribution in [0.4, 0.5) is 5.82 Å². The minimum Gasteiger partial charge on any atom is -0.378 e. The first-order valence-corrected chi connectivity index (χ1v) is 10.4. The molecule has 1 N–H and O–H groups in total. The van der Waals surface area contributed by atoms with Gasteiger partial charge in [-0.25, -0.2) is 4.98 Å². The number of nitrogens with one attached hydrogen (secondary N) is 1. The van der Waals surface area contributed by atoms with Gasteiger partial charge in [0.25, 0.3) is 0 Å². The average molecular weight is 386 g/mol. The van der Waals surface area contributed by atoms with Crippen molar-refractivity contribution in [1.82, 2.24) is 20.4 Å². The van der Waals surface area contributed by atoms with Gasteiger partial charge in [-0.15, -0.1) is 0 Å². The lowest BCUT2D eigenvalue weighted by molar-refractivity contribution is 0.0534. The normalized spacial score (nSPS) is 23.9. The lowest BCUT2D eigenvalue weighted by Gasteiger charge is -2.41. The van der Waals surface area contributed by atoms with Crippen molar-refractivity contribution in [2.45, 2.75) is 70.6 Å². The van der Waals surface area contributed by atoms with E-state index in [9.17, 15) is 0 Å². The molecule has 3 heterocycles. The molecule has 7 nitrogen and oxygen atoms in total. The first-order valence-electron chi connectivity index (χ1n) is 10.4. The van der Waals surface area contributed by atoms with Gasteiger partial charge >= 0.3 is 0 Å². The highest BCUT2D eigenvalue weighted by atomic mass is 16.5. The summed E-state index contributed by atoms with van der Waals surface area (Å²) in [4.78, 5) is 11.4. The smallest absolute Gasteiger partial charge is 0.223 e. The minimum absolute atomic E-state index is 0.138. The largest absolute Gasteiger partial charge is 0.378 e. The van der Waals surface area contributed by atoms with Gasteiger partial charge in [0.2, 0.25) is 11.7 Å². The number of hydrogen-bond donors (Lipinski definition) is 1. The SMILES string of the molecule is CO[C@H]1CN(c2ncc(C)cc2-c2noc(C)n2)CC[C@H]1NC1CCCCC1. The first-order chi connectivity index (χ1) is 13.6. The fourth-order valence-electron chi connectivity index (χ4n) is 4.50. The summed E-state index contributed by atoms with van der Waals surface area (Å²) in [6.45, 7) is 5.58. The number of aromatic nitrogens is 3. The van der Waals surface area contributed by atoms with E-state index in [0.717, 1.165) is 36.5 Å². The van der Waals surface area contributed by atoms with E-state index >= 15 is 0 Å². The molecule has 0 radical (unpaired) electrons. The molecule has 2 aliphatic rings. The molecule has 28 heavy (non-hydrogen) atoms. The van der Waals surface area contributed by atoms with Crippen molar-refractivity contribution in [3.63, 3.8) is 0 Å². The quantitative estimate of drug-likeness (QED) is 0.846. The van der Waals surface area contributed by atoms with Crippen molar-refractivity contribution in [3.8, 4) is 11.4 Å². The molecule has 0 bridgehead atoms. The molecule has 152 valence electrons. The van der Waals surface area contributed by atoms with Crippen LogP contribution in [-0.4, -0.2) is 53.5 Å². The molecular weight excluding hydrogens is 354 g/mol. The van der Waals surface area contributed by atoms with Crippen molar-refractivity contribution in [1.29, 1.82) is 0 Å². The van der Waals surface area contributed by atoms with E-state index in [1.807, 2.05) is 27.2 Å². The van der Waals surface area contributed by atoms with E-state index in [2.05, 4.69) is 26.4 Å². The van der Waals surface area contributed by atoms with Crippen LogP contribution in [0, 0.1) is 13.8 Å². The van der Waals surface area contributed by atoms with E-state index in [0.29, 0.717) is 23.8 Å². The van der Waals surface area contributed by atoms with Gasteiger partial charge in [-0.2, -0.15) is 4.98 Å². The molecular formula is C21H31N5O2. The highest BCUT2D eigenvalue weighted by molar-refractivity contribution is 5.71. The number of aryl methyl sites for hydroxylation is 2. The predicted molar refractivity (Wildman–Crippen MR) is 108 cm³/mol. The molecule has 1 aliphatic heterocycles. The van der Waals surface area contributed by atoms with E-state index < -0.39 is 0 Å². The van der Waals surface area contributed by atoms with Crippen LogP contribution in [0.2, 0.25) is 0 Å². The topological polar surface area (TPSA) is 76.3 Å². The van der Waals surface area contributed by atoms with Gasteiger partial charge in [0, 0.05) is 45.4 Å². The molecule has 0 amide bonds. The van der Waals surface area contributed by atoms with Gasteiger partial charge in [-0.05, 0) is 37.8 Å². The average Bonchev–Trinajstić information content (AvgIpc) is 3.15. The van der Waals surface area contributed by atoms with Crippen molar-refractivity contribution < 1.29 is 9.26 Å². The molecule has 2 atom stereocenters. The fraction of sp³-hybridized carbons (Fsp3) is 0.667. The third kappa shape index (κ3) is 4.20. The zero-order valence-corrected chi connectivity index (χ0v) is 17.1. The standard InChI is InChI=1S/C21H31N5O2/c1-14-11-17(20-23-15(2)28-25-20)21(22-12-14)26-10-9-18(19(13-26)27-3)24-16-7-5-4-6-8-16/h11-12,16,18-19,24H,4-10,13H2,1-3H3/t18-,19+/m1/s1. The number of methoxy groups -OCH3 is 1. The summed E-state index contributed by atoms with van der Waals surface area (Å²) >= 11 is 0. The molecule has 2 aromatic heterocycles. The molecule has 2 aromatic rings. The van der Waals surface area contributed by atoms with E-state index in [1.165, 1.54) is 32.1 Å². The van der Waals surface area contributed by atoms with E-state index in [1.54, 1.807) is 0 Å². The minimum atomic E-state index is 0.138. The molecule has 2 fully saturated rings. The number of nitrogens with zero attached hydrogens (tertiary/aromatic N) is 4. The van der Waals surface area contributed by atoms with Crippen LogP contribution in [0.25, 0.3) is 11.4 Å². The maximum absolute atomic E-state index is 5.89. The van der Waals surface area contributed by atoms with Gasteiger partial charge in [0.15, 0.2) is 0 Å². The Kier molecular flexibility index (Phi) is 5.92. The molecule has 0 aromatic carbocycles. The van der Waals surface area contributed by atoms with Gasteiger partial charge in [-0.3, -0.25) is 0 Å². The molecule has 0 spiro atoms. The lowest BCUT2D eigenvalue weighted by Crippen LogP contribution is -2.56. The van der Waals surface area contributed by atoms with Crippen LogP contribution in [0.1, 0.15) is 50.0 Å². The molecule has 0 unspecified atom stereocenters. The van der Waals surface area contributed by atoms with Crippen molar-refractivity contribution in [3.05, 3.63) is 23.7 Å². The summed E-state index contributed by atoms with van der Waals surface area (Å²) < 4.78 is 11.1. The Balaban J connectivity index is 1.51. The monoisotopic (exact) mass is 385 g/mol. The number of hydrogen-bond acceptors (Lipinski definition) is 7. The van der Waals surface area contributed by atoms with E-state index in [-0.39, 0.29) is 6.10 Å². The predicted octanol–water partition coefficient (Wildman–Crippen LogP) is 3.26. The van der Waals surface area contributed by atoms with Crippen LogP contribution >= 0.6 is 0 Å². The second kappa shape index (κ2) is 8.57. The third-order valence-corrected chi connectivity index (χ3v) is 5.99. The summed E-state index contributed by atoms with van der Waals surface area (Å²) in [5.41, 5.74) is 2.00. The number of pyridine rings is 1. The van der Waals surface area contributed by atoms with Crippen LogP contribution in [0.5, 0.6) is 0 Å². The zero-order chi connectivity index (χ0) is 19.5. The molecule has 1 aliphatic carbocycles. The first kappa shape index (κ1) is 19.3. The Hall–Kier alpha value is -1.99. The Morgan fingerprint density at radius 1 is 1.18 bits per heavy atom. The third-order valence-electron chi connectivity index (χ3n) is 5.99. The Morgan fingerprint density at radius 2 is 2.00 bits per heavy atom. The van der Waals surface area contributed by atoms with Crippen LogP contribution in [-0.2, 0) is 4.74 Å². The Bertz CT molecular complexity index is 787. The van der Waals surface area contributed by atoms with Gasteiger partial charge < -0.3 is 19.5 Å².